The Morgan fingerprint density at radius 2 is 2.14 bits per heavy atom. The smallest absolute Gasteiger partial charge is 0.382 e. The first-order valence-electron chi connectivity index (χ1n) is 6.59. The van der Waals surface area contributed by atoms with Crippen LogP contribution in [-0.4, -0.2) is 24.2 Å². The number of hydrogen-bond donors (Lipinski definition) is 1. The quantitative estimate of drug-likeness (QED) is 0.682. The van der Waals surface area contributed by atoms with Crippen LogP contribution in [0.2, 0.25) is 0 Å². The van der Waals surface area contributed by atoms with E-state index in [1.54, 1.807) is 0 Å². The Balaban J connectivity index is 2.15. The minimum absolute atomic E-state index is 0.130. The number of halogens is 3. The topological polar surface area (TPSA) is 64.4 Å². The highest BCUT2D eigenvalue weighted by molar-refractivity contribution is 5.57. The second-order valence-corrected chi connectivity index (χ2v) is 4.85. The van der Waals surface area contributed by atoms with Crippen LogP contribution in [0.25, 0.3) is 0 Å². The lowest BCUT2D eigenvalue weighted by Crippen LogP contribution is -2.27. The average molecular weight is 304 g/mol. The third kappa shape index (κ3) is 4.07. The van der Waals surface area contributed by atoms with Crippen LogP contribution >= 0.6 is 0 Å². The molecule has 0 aliphatic carbocycles. The summed E-state index contributed by atoms with van der Waals surface area (Å²) < 4.78 is 44.3. The van der Waals surface area contributed by atoms with Gasteiger partial charge in [0.1, 0.15) is 0 Å². The third-order valence-corrected chi connectivity index (χ3v) is 3.31. The van der Waals surface area contributed by atoms with E-state index >= 15 is 0 Å². The molecule has 21 heavy (non-hydrogen) atoms. The lowest BCUT2D eigenvalue weighted by atomic mass is 10.1. The van der Waals surface area contributed by atoms with Gasteiger partial charge in [0, 0.05) is 31.0 Å². The van der Waals surface area contributed by atoms with Crippen LogP contribution in [0.1, 0.15) is 24.8 Å². The standard InChI is InChI=1S/C13H15F3N2O3/c14-13(15,16)11-7-9(18(19)20)4-5-12(11)17-8-10-3-1-2-6-21-10/h4-5,7,10,17H,1-3,6,8H2. The molecule has 116 valence electrons. The van der Waals surface area contributed by atoms with Crippen LogP contribution in [0.15, 0.2) is 18.2 Å². The zero-order valence-electron chi connectivity index (χ0n) is 11.2. The van der Waals surface area contributed by atoms with Crippen LogP contribution < -0.4 is 5.32 Å². The van der Waals surface area contributed by atoms with Crippen molar-refractivity contribution in [1.29, 1.82) is 0 Å². The van der Waals surface area contributed by atoms with Crippen molar-refractivity contribution in [2.75, 3.05) is 18.5 Å². The van der Waals surface area contributed by atoms with Crippen LogP contribution in [0, 0.1) is 10.1 Å². The van der Waals surface area contributed by atoms with Crippen molar-refractivity contribution in [2.24, 2.45) is 0 Å². The Hall–Kier alpha value is -1.83. The Kier molecular flexibility index (Phi) is 4.66. The van der Waals surface area contributed by atoms with Gasteiger partial charge in [0.15, 0.2) is 0 Å². The van der Waals surface area contributed by atoms with Crippen molar-refractivity contribution in [1.82, 2.24) is 0 Å². The van der Waals surface area contributed by atoms with E-state index in [0.717, 1.165) is 31.4 Å². The monoisotopic (exact) mass is 304 g/mol. The Morgan fingerprint density at radius 3 is 2.71 bits per heavy atom. The van der Waals surface area contributed by atoms with E-state index in [4.69, 9.17) is 4.74 Å². The van der Waals surface area contributed by atoms with Crippen LogP contribution in [0.5, 0.6) is 0 Å². The average Bonchev–Trinajstić information content (AvgIpc) is 2.45. The van der Waals surface area contributed by atoms with Gasteiger partial charge in [0.2, 0.25) is 0 Å². The number of nitrogens with one attached hydrogen (secondary N) is 1. The van der Waals surface area contributed by atoms with Gasteiger partial charge in [-0.05, 0) is 25.3 Å². The molecule has 1 saturated heterocycles. The Labute approximate surface area is 119 Å². The molecule has 2 rings (SSSR count). The number of benzene rings is 1. The van der Waals surface area contributed by atoms with Gasteiger partial charge in [-0.2, -0.15) is 13.2 Å². The van der Waals surface area contributed by atoms with E-state index in [1.165, 1.54) is 0 Å². The van der Waals surface area contributed by atoms with E-state index in [2.05, 4.69) is 5.32 Å². The highest BCUT2D eigenvalue weighted by Crippen LogP contribution is 2.37. The number of nitro benzene ring substituents is 1. The van der Waals surface area contributed by atoms with Crippen molar-refractivity contribution in [2.45, 2.75) is 31.5 Å². The fraction of sp³-hybridized carbons (Fsp3) is 0.538. The van der Waals surface area contributed by atoms with E-state index in [0.29, 0.717) is 12.7 Å². The molecule has 0 aromatic heterocycles. The Bertz CT molecular complexity index is 514. The van der Waals surface area contributed by atoms with Crippen molar-refractivity contribution in [3.63, 3.8) is 0 Å². The normalized spacial score (nSPS) is 19.3. The van der Waals surface area contributed by atoms with Gasteiger partial charge in [0.05, 0.1) is 16.6 Å². The second-order valence-electron chi connectivity index (χ2n) is 4.85. The fourth-order valence-electron chi connectivity index (χ4n) is 2.23. The SMILES string of the molecule is O=[N+]([O-])c1ccc(NCC2CCCCO2)c(C(F)(F)F)c1. The molecule has 1 aromatic carbocycles. The number of alkyl halides is 3. The molecule has 0 amide bonds. The summed E-state index contributed by atoms with van der Waals surface area (Å²) in [6, 6.07) is 2.69. The van der Waals surface area contributed by atoms with Crippen molar-refractivity contribution >= 4 is 11.4 Å². The molecule has 0 saturated carbocycles. The predicted octanol–water partition coefficient (Wildman–Crippen LogP) is 3.59. The van der Waals surface area contributed by atoms with E-state index < -0.39 is 22.4 Å². The summed E-state index contributed by atoms with van der Waals surface area (Å²) in [6.45, 7) is 0.861. The summed E-state index contributed by atoms with van der Waals surface area (Å²) >= 11 is 0. The highest BCUT2D eigenvalue weighted by atomic mass is 19.4. The molecule has 1 unspecified atom stereocenters. The maximum Gasteiger partial charge on any atom is 0.418 e. The molecule has 1 aliphatic rings. The maximum atomic E-state index is 13.0. The van der Waals surface area contributed by atoms with Crippen LogP contribution in [0.3, 0.4) is 0 Å². The lowest BCUT2D eigenvalue weighted by Gasteiger charge is -2.24. The Morgan fingerprint density at radius 1 is 1.38 bits per heavy atom. The summed E-state index contributed by atoms with van der Waals surface area (Å²) in [6.07, 6.45) is -2.04. The zero-order chi connectivity index (χ0) is 15.5. The molecular weight excluding hydrogens is 289 g/mol. The van der Waals surface area contributed by atoms with Crippen molar-refractivity contribution in [3.8, 4) is 0 Å². The molecule has 5 nitrogen and oxygen atoms in total. The summed E-state index contributed by atoms with van der Waals surface area (Å²) in [5, 5.41) is 13.3. The van der Waals surface area contributed by atoms with Crippen LogP contribution in [-0.2, 0) is 10.9 Å². The van der Waals surface area contributed by atoms with Gasteiger partial charge in [-0.15, -0.1) is 0 Å². The van der Waals surface area contributed by atoms with Gasteiger partial charge >= 0.3 is 6.18 Å². The van der Waals surface area contributed by atoms with Gasteiger partial charge < -0.3 is 10.1 Å². The summed E-state index contributed by atoms with van der Waals surface area (Å²) in [5.74, 6) is 0. The van der Waals surface area contributed by atoms with Gasteiger partial charge in [0.25, 0.3) is 5.69 Å². The van der Waals surface area contributed by atoms with E-state index in [-0.39, 0.29) is 18.3 Å². The molecule has 1 N–H and O–H groups in total. The number of rotatable bonds is 4. The number of ether oxygens (including phenoxy) is 1. The maximum absolute atomic E-state index is 13.0. The van der Waals surface area contributed by atoms with E-state index in [1.807, 2.05) is 0 Å². The molecule has 1 aromatic rings. The minimum Gasteiger partial charge on any atom is -0.382 e. The molecule has 1 fully saturated rings. The summed E-state index contributed by atoms with van der Waals surface area (Å²) in [7, 11) is 0. The molecule has 1 heterocycles. The highest BCUT2D eigenvalue weighted by Gasteiger charge is 2.35. The van der Waals surface area contributed by atoms with E-state index in [9.17, 15) is 23.3 Å². The van der Waals surface area contributed by atoms with Crippen molar-refractivity contribution in [3.05, 3.63) is 33.9 Å². The first-order chi connectivity index (χ1) is 9.88. The third-order valence-electron chi connectivity index (χ3n) is 3.31. The molecule has 0 radical (unpaired) electrons. The number of non-ortho nitro benzene ring substituents is 1. The van der Waals surface area contributed by atoms with Gasteiger partial charge in [-0.25, -0.2) is 0 Å². The molecule has 1 atom stereocenters. The first-order valence-corrected chi connectivity index (χ1v) is 6.59. The molecule has 1 aliphatic heterocycles. The molecule has 0 spiro atoms. The number of anilines is 1. The number of nitro groups is 1. The fourth-order valence-corrected chi connectivity index (χ4v) is 2.23. The molecule has 8 heteroatoms. The first kappa shape index (κ1) is 15.6. The number of nitrogens with zero attached hydrogens (tertiary/aromatic N) is 1. The predicted molar refractivity (Wildman–Crippen MR) is 70.2 cm³/mol. The minimum atomic E-state index is -4.65. The van der Waals surface area contributed by atoms with Crippen LogP contribution in [0.4, 0.5) is 24.5 Å². The molecule has 0 bridgehead atoms. The summed E-state index contributed by atoms with van der Waals surface area (Å²) in [4.78, 5) is 9.75. The van der Waals surface area contributed by atoms with Gasteiger partial charge in [-0.3, -0.25) is 10.1 Å². The lowest BCUT2D eigenvalue weighted by molar-refractivity contribution is -0.385. The largest absolute Gasteiger partial charge is 0.418 e. The summed E-state index contributed by atoms with van der Waals surface area (Å²) in [5.41, 5.74) is -1.78. The number of hydrogen-bond acceptors (Lipinski definition) is 4. The molecular formula is C13H15F3N2O3. The zero-order valence-corrected chi connectivity index (χ0v) is 11.2. The second kappa shape index (κ2) is 6.30. The van der Waals surface area contributed by atoms with Gasteiger partial charge in [-0.1, -0.05) is 0 Å². The van der Waals surface area contributed by atoms with Crippen molar-refractivity contribution < 1.29 is 22.8 Å².